The van der Waals surface area contributed by atoms with Crippen molar-refractivity contribution in [3.8, 4) is 0 Å². The predicted molar refractivity (Wildman–Crippen MR) is 52.0 cm³/mol. The zero-order chi connectivity index (χ0) is 9.47. The fraction of sp³-hybridized carbons (Fsp3) is 1.00. The van der Waals surface area contributed by atoms with Gasteiger partial charge < -0.3 is 0 Å². The van der Waals surface area contributed by atoms with E-state index in [-0.39, 0.29) is 0 Å². The minimum absolute atomic E-state index is 0.333. The molecule has 1 aliphatic heterocycles. The van der Waals surface area contributed by atoms with Gasteiger partial charge in [0, 0.05) is 12.1 Å². The molecule has 1 aliphatic carbocycles. The van der Waals surface area contributed by atoms with Gasteiger partial charge in [0.1, 0.15) is 0 Å². The Labute approximate surface area is 80.2 Å². The van der Waals surface area contributed by atoms with Crippen LogP contribution >= 0.6 is 0 Å². The largest absolute Gasteiger partial charge is 0.214 e. The Morgan fingerprint density at radius 3 is 2.23 bits per heavy atom. The molecule has 0 N–H and O–H groups in total. The van der Waals surface area contributed by atoms with Crippen molar-refractivity contribution in [2.45, 2.75) is 51.1 Å². The molecule has 0 bridgehead atoms. The summed E-state index contributed by atoms with van der Waals surface area (Å²) in [4.78, 5) is 0. The Morgan fingerprint density at radius 1 is 1.23 bits per heavy atom. The first-order chi connectivity index (χ1) is 6.17. The summed E-state index contributed by atoms with van der Waals surface area (Å²) in [6.07, 6.45) is 5.33. The molecular formula is C9H17NO2S. The van der Waals surface area contributed by atoms with E-state index in [9.17, 15) is 8.42 Å². The molecule has 76 valence electrons. The number of sulfonamides is 1. The molecule has 0 spiro atoms. The van der Waals surface area contributed by atoms with Crippen LogP contribution in [0.15, 0.2) is 0 Å². The van der Waals surface area contributed by atoms with Gasteiger partial charge in [-0.1, -0.05) is 19.8 Å². The lowest BCUT2D eigenvalue weighted by Gasteiger charge is -2.02. The summed E-state index contributed by atoms with van der Waals surface area (Å²) >= 11 is 0. The highest BCUT2D eigenvalue weighted by Gasteiger charge is 2.54. The van der Waals surface area contributed by atoms with Crippen LogP contribution in [0.3, 0.4) is 0 Å². The highest BCUT2D eigenvalue weighted by atomic mass is 32.2. The van der Waals surface area contributed by atoms with E-state index in [1.807, 2.05) is 6.92 Å². The van der Waals surface area contributed by atoms with Crippen molar-refractivity contribution in [1.82, 2.24) is 4.31 Å². The van der Waals surface area contributed by atoms with Crippen molar-refractivity contribution in [2.24, 2.45) is 0 Å². The highest BCUT2D eigenvalue weighted by Crippen LogP contribution is 2.42. The number of fused-ring (bicyclic) bond motifs is 1. The predicted octanol–water partition coefficient (Wildman–Crippen LogP) is 1.35. The molecule has 4 heteroatoms. The average Bonchev–Trinajstić information content (AvgIpc) is 2.77. The van der Waals surface area contributed by atoms with Gasteiger partial charge in [-0.25, -0.2) is 8.42 Å². The van der Waals surface area contributed by atoms with Crippen LogP contribution in [0.5, 0.6) is 0 Å². The van der Waals surface area contributed by atoms with E-state index >= 15 is 0 Å². The minimum atomic E-state index is -2.89. The molecule has 0 amide bonds. The lowest BCUT2D eigenvalue weighted by Crippen LogP contribution is -2.18. The molecule has 0 aromatic heterocycles. The number of hydrogen-bond donors (Lipinski definition) is 0. The van der Waals surface area contributed by atoms with Gasteiger partial charge in [0.15, 0.2) is 0 Å². The zero-order valence-corrected chi connectivity index (χ0v) is 8.89. The maximum atomic E-state index is 11.7. The fourth-order valence-corrected chi connectivity index (χ4v) is 4.42. The van der Waals surface area contributed by atoms with E-state index in [2.05, 4.69) is 0 Å². The minimum Gasteiger partial charge on any atom is -0.212 e. The third-order valence-corrected chi connectivity index (χ3v) is 5.15. The van der Waals surface area contributed by atoms with E-state index in [1.165, 1.54) is 12.8 Å². The molecule has 3 nitrogen and oxygen atoms in total. The Hall–Kier alpha value is -0.0900. The molecule has 0 unspecified atom stereocenters. The van der Waals surface area contributed by atoms with Crippen molar-refractivity contribution in [3.05, 3.63) is 0 Å². The Kier molecular flexibility index (Phi) is 2.36. The number of rotatable bonds is 3. The molecule has 2 aliphatic rings. The molecule has 1 heterocycles. The second kappa shape index (κ2) is 3.24. The first-order valence-corrected chi connectivity index (χ1v) is 6.79. The second-order valence-electron chi connectivity index (χ2n) is 4.07. The number of hydrogen-bond acceptors (Lipinski definition) is 2. The first-order valence-electron chi connectivity index (χ1n) is 5.18. The van der Waals surface area contributed by atoms with Gasteiger partial charge >= 0.3 is 0 Å². The van der Waals surface area contributed by atoms with E-state index in [4.69, 9.17) is 0 Å². The SMILES string of the molecule is CCCS(=O)(=O)N1[C@H]2CCCC[C@@H]21. The monoisotopic (exact) mass is 203 g/mol. The van der Waals surface area contributed by atoms with Crippen LogP contribution < -0.4 is 0 Å². The van der Waals surface area contributed by atoms with Gasteiger partial charge in [0.25, 0.3) is 0 Å². The van der Waals surface area contributed by atoms with Crippen LogP contribution in [0, 0.1) is 0 Å². The summed E-state index contributed by atoms with van der Waals surface area (Å²) in [6, 6.07) is 0.760. The quantitative estimate of drug-likeness (QED) is 0.649. The summed E-state index contributed by atoms with van der Waals surface area (Å²) in [5, 5.41) is 0. The maximum absolute atomic E-state index is 11.7. The summed E-state index contributed by atoms with van der Waals surface area (Å²) in [6.45, 7) is 1.92. The lowest BCUT2D eigenvalue weighted by atomic mass is 10.0. The molecule has 2 atom stereocenters. The molecule has 1 saturated carbocycles. The van der Waals surface area contributed by atoms with Gasteiger partial charge in [-0.15, -0.1) is 0 Å². The maximum Gasteiger partial charge on any atom is 0.214 e. The van der Waals surface area contributed by atoms with E-state index in [0.29, 0.717) is 17.8 Å². The van der Waals surface area contributed by atoms with E-state index in [1.54, 1.807) is 4.31 Å². The summed E-state index contributed by atoms with van der Waals surface area (Å²) in [7, 11) is -2.89. The summed E-state index contributed by atoms with van der Waals surface area (Å²) in [5.74, 6) is 0.333. The van der Waals surface area contributed by atoms with Crippen LogP contribution in [-0.2, 0) is 10.0 Å². The second-order valence-corrected chi connectivity index (χ2v) is 6.06. The van der Waals surface area contributed by atoms with Gasteiger partial charge in [0.05, 0.1) is 5.75 Å². The highest BCUT2D eigenvalue weighted by molar-refractivity contribution is 7.89. The van der Waals surface area contributed by atoms with Gasteiger partial charge in [-0.2, -0.15) is 4.31 Å². The van der Waals surface area contributed by atoms with Crippen molar-refractivity contribution in [1.29, 1.82) is 0 Å². The van der Waals surface area contributed by atoms with Crippen molar-refractivity contribution in [3.63, 3.8) is 0 Å². The normalized spacial score (nSPS) is 38.4. The van der Waals surface area contributed by atoms with Gasteiger partial charge in [-0.3, -0.25) is 0 Å². The summed E-state index contributed by atoms with van der Waals surface area (Å²) < 4.78 is 25.1. The van der Waals surface area contributed by atoms with E-state index < -0.39 is 10.0 Å². The molecule has 0 aromatic carbocycles. The van der Waals surface area contributed by atoms with Crippen molar-refractivity contribution < 1.29 is 8.42 Å². The lowest BCUT2D eigenvalue weighted by molar-refractivity contribution is 0.543. The molecule has 2 rings (SSSR count). The van der Waals surface area contributed by atoms with Gasteiger partial charge in [0.2, 0.25) is 10.0 Å². The first kappa shape index (κ1) is 9.46. The average molecular weight is 203 g/mol. The van der Waals surface area contributed by atoms with Crippen molar-refractivity contribution in [2.75, 3.05) is 5.75 Å². The van der Waals surface area contributed by atoms with Crippen LogP contribution in [0.25, 0.3) is 0 Å². The van der Waals surface area contributed by atoms with Crippen molar-refractivity contribution >= 4 is 10.0 Å². The zero-order valence-electron chi connectivity index (χ0n) is 8.07. The third kappa shape index (κ3) is 1.62. The fourth-order valence-electron chi connectivity index (χ4n) is 2.43. The molecule has 1 saturated heterocycles. The molecular weight excluding hydrogens is 186 g/mol. The number of nitrogens with zero attached hydrogens (tertiary/aromatic N) is 1. The van der Waals surface area contributed by atoms with Crippen LogP contribution in [0.1, 0.15) is 39.0 Å². The summed E-state index contributed by atoms with van der Waals surface area (Å²) in [5.41, 5.74) is 0. The van der Waals surface area contributed by atoms with Crippen LogP contribution in [0.4, 0.5) is 0 Å². The standard InChI is InChI=1S/C9H17NO2S/c1-2-7-13(11,12)10-8-5-3-4-6-9(8)10/h8-9H,2-7H2,1H3/t8-,9-/m0/s1. The van der Waals surface area contributed by atoms with Gasteiger partial charge in [-0.05, 0) is 19.3 Å². The molecule has 13 heavy (non-hydrogen) atoms. The van der Waals surface area contributed by atoms with E-state index in [0.717, 1.165) is 19.3 Å². The Morgan fingerprint density at radius 2 is 1.77 bits per heavy atom. The smallest absolute Gasteiger partial charge is 0.212 e. The van der Waals surface area contributed by atoms with Crippen LogP contribution in [0.2, 0.25) is 0 Å². The molecule has 0 radical (unpaired) electrons. The Balaban J connectivity index is 2.03. The topological polar surface area (TPSA) is 37.1 Å². The third-order valence-electron chi connectivity index (χ3n) is 3.04. The molecule has 2 fully saturated rings. The Bertz CT molecular complexity index is 274. The molecule has 0 aromatic rings. The van der Waals surface area contributed by atoms with Crippen LogP contribution in [-0.4, -0.2) is 30.6 Å².